The van der Waals surface area contributed by atoms with Crippen molar-refractivity contribution in [2.75, 3.05) is 26.6 Å². The molecule has 0 N–H and O–H groups in total. The van der Waals surface area contributed by atoms with Crippen molar-refractivity contribution in [2.45, 2.75) is 13.5 Å². The summed E-state index contributed by atoms with van der Waals surface area (Å²) in [6, 6.07) is 8.19. The Kier molecular flexibility index (Phi) is 5.83. The number of oxime groups is 1. The van der Waals surface area contributed by atoms with Crippen molar-refractivity contribution in [3.8, 4) is 0 Å². The lowest BCUT2D eigenvalue weighted by molar-refractivity contribution is 0.158. The molecule has 0 aliphatic rings. The van der Waals surface area contributed by atoms with E-state index in [4.69, 9.17) is 16.4 Å². The van der Waals surface area contributed by atoms with Gasteiger partial charge in [-0.2, -0.15) is 0 Å². The zero-order chi connectivity index (χ0) is 15.9. The van der Waals surface area contributed by atoms with Gasteiger partial charge >= 0.3 is 0 Å². The highest BCUT2D eigenvalue weighted by molar-refractivity contribution is 6.28. The lowest BCUT2D eigenvalue weighted by atomic mass is 10.2. The Morgan fingerprint density at radius 3 is 2.86 bits per heavy atom. The van der Waals surface area contributed by atoms with E-state index in [2.05, 4.69) is 32.9 Å². The van der Waals surface area contributed by atoms with Crippen LogP contribution in [0.3, 0.4) is 0 Å². The van der Waals surface area contributed by atoms with Gasteiger partial charge in [0.25, 0.3) is 0 Å². The smallest absolute Gasteiger partial charge is 0.114 e. The minimum absolute atomic E-state index is 0.352. The van der Waals surface area contributed by atoms with Crippen molar-refractivity contribution in [1.82, 2.24) is 9.47 Å². The van der Waals surface area contributed by atoms with Crippen molar-refractivity contribution in [3.05, 3.63) is 30.5 Å². The standard InChI is InChI=1S/C16H21ClN4O/c1-4-22-19-15(10-17)11-21-8-7-13-9-14(5-6-16(13)21)18-12-20(2)3/h5-9,12H,4,10-11H2,1-3H3/b18-12?,19-15-. The second kappa shape index (κ2) is 7.84. The Morgan fingerprint density at radius 1 is 1.36 bits per heavy atom. The third-order valence-corrected chi connectivity index (χ3v) is 3.33. The summed E-state index contributed by atoms with van der Waals surface area (Å²) in [6.07, 6.45) is 3.82. The molecule has 0 radical (unpaired) electrons. The molecule has 0 atom stereocenters. The first-order chi connectivity index (χ1) is 10.6. The quantitative estimate of drug-likeness (QED) is 0.339. The van der Waals surface area contributed by atoms with Crippen molar-refractivity contribution >= 4 is 40.2 Å². The lowest BCUT2D eigenvalue weighted by Gasteiger charge is -2.07. The van der Waals surface area contributed by atoms with Gasteiger partial charge in [-0.15, -0.1) is 11.6 Å². The average molecular weight is 321 g/mol. The maximum Gasteiger partial charge on any atom is 0.114 e. The number of hydrogen-bond donors (Lipinski definition) is 0. The number of aliphatic imine (C=N–C) groups is 1. The summed E-state index contributed by atoms with van der Waals surface area (Å²) in [5.74, 6) is 0.352. The van der Waals surface area contributed by atoms with Gasteiger partial charge in [-0.3, -0.25) is 0 Å². The first-order valence-corrected chi connectivity index (χ1v) is 7.70. The topological polar surface area (TPSA) is 42.1 Å². The number of nitrogens with zero attached hydrogens (tertiary/aromatic N) is 4. The fraction of sp³-hybridized carbons (Fsp3) is 0.375. The van der Waals surface area contributed by atoms with Crippen LogP contribution in [0.4, 0.5) is 5.69 Å². The van der Waals surface area contributed by atoms with Gasteiger partial charge in [0.05, 0.1) is 30.2 Å². The largest absolute Gasteiger partial charge is 0.396 e. The Hall–Kier alpha value is -2.01. The van der Waals surface area contributed by atoms with Crippen molar-refractivity contribution in [1.29, 1.82) is 0 Å². The first kappa shape index (κ1) is 16.4. The molecule has 0 unspecified atom stereocenters. The van der Waals surface area contributed by atoms with Crippen LogP contribution < -0.4 is 0 Å². The second-order valence-electron chi connectivity index (χ2n) is 5.10. The van der Waals surface area contributed by atoms with Crippen LogP contribution in [0.1, 0.15) is 6.92 Å². The van der Waals surface area contributed by atoms with E-state index in [-0.39, 0.29) is 0 Å². The summed E-state index contributed by atoms with van der Waals surface area (Å²) < 4.78 is 2.11. The number of alkyl halides is 1. The van der Waals surface area contributed by atoms with E-state index in [0.29, 0.717) is 19.0 Å². The Balaban J connectivity index is 2.22. The molecular formula is C16H21ClN4O. The average Bonchev–Trinajstić information content (AvgIpc) is 2.91. The Morgan fingerprint density at radius 2 is 2.18 bits per heavy atom. The van der Waals surface area contributed by atoms with Crippen LogP contribution in [0.5, 0.6) is 0 Å². The number of benzene rings is 1. The number of halogens is 1. The van der Waals surface area contributed by atoms with Gasteiger partial charge in [-0.1, -0.05) is 5.16 Å². The van der Waals surface area contributed by atoms with Gasteiger partial charge in [-0.25, -0.2) is 4.99 Å². The van der Waals surface area contributed by atoms with Gasteiger partial charge in [0, 0.05) is 31.2 Å². The molecule has 5 nitrogen and oxygen atoms in total. The fourth-order valence-corrected chi connectivity index (χ4v) is 2.17. The maximum absolute atomic E-state index is 5.92. The van der Waals surface area contributed by atoms with Gasteiger partial charge in [0.1, 0.15) is 6.61 Å². The van der Waals surface area contributed by atoms with E-state index in [1.54, 1.807) is 6.34 Å². The molecule has 1 heterocycles. The van der Waals surface area contributed by atoms with E-state index in [0.717, 1.165) is 22.3 Å². The summed E-state index contributed by atoms with van der Waals surface area (Å²) in [5.41, 5.74) is 2.85. The van der Waals surface area contributed by atoms with Crippen LogP contribution in [-0.2, 0) is 11.4 Å². The minimum atomic E-state index is 0.352. The van der Waals surface area contributed by atoms with Crippen molar-refractivity contribution in [3.63, 3.8) is 0 Å². The van der Waals surface area contributed by atoms with Crippen molar-refractivity contribution in [2.24, 2.45) is 10.1 Å². The van der Waals surface area contributed by atoms with E-state index in [9.17, 15) is 0 Å². The molecule has 2 aromatic rings. The normalized spacial score (nSPS) is 12.3. The number of aromatic nitrogens is 1. The zero-order valence-electron chi connectivity index (χ0n) is 13.2. The van der Waals surface area contributed by atoms with Crippen LogP contribution in [0, 0.1) is 0 Å². The lowest BCUT2D eigenvalue weighted by Crippen LogP contribution is -2.11. The van der Waals surface area contributed by atoms with E-state index >= 15 is 0 Å². The molecule has 0 bridgehead atoms. The molecular weight excluding hydrogens is 300 g/mol. The number of fused-ring (bicyclic) bond motifs is 1. The summed E-state index contributed by atoms with van der Waals surface area (Å²) >= 11 is 5.92. The van der Waals surface area contributed by atoms with E-state index < -0.39 is 0 Å². The molecule has 0 fully saturated rings. The summed E-state index contributed by atoms with van der Waals surface area (Å²) in [4.78, 5) is 11.4. The molecule has 22 heavy (non-hydrogen) atoms. The molecule has 0 saturated heterocycles. The SMILES string of the molecule is CCO/N=C(/CCl)Cn1ccc2cc(N=CN(C)C)ccc21. The monoisotopic (exact) mass is 320 g/mol. The molecule has 118 valence electrons. The molecule has 0 spiro atoms. The van der Waals surface area contributed by atoms with E-state index in [1.165, 1.54) is 0 Å². The molecule has 1 aromatic heterocycles. The summed E-state index contributed by atoms with van der Waals surface area (Å²) in [5, 5.41) is 5.18. The van der Waals surface area contributed by atoms with Crippen molar-refractivity contribution < 1.29 is 4.84 Å². The van der Waals surface area contributed by atoms with Crippen LogP contribution in [0.25, 0.3) is 10.9 Å². The first-order valence-electron chi connectivity index (χ1n) is 7.17. The molecule has 0 aliphatic heterocycles. The zero-order valence-corrected chi connectivity index (χ0v) is 13.9. The maximum atomic E-state index is 5.92. The number of hydrogen-bond acceptors (Lipinski definition) is 3. The predicted molar refractivity (Wildman–Crippen MR) is 93.6 cm³/mol. The molecule has 2 rings (SSSR count). The Labute approximate surface area is 135 Å². The molecule has 1 aromatic carbocycles. The van der Waals surface area contributed by atoms with Crippen LogP contribution in [0.2, 0.25) is 0 Å². The molecule has 0 saturated carbocycles. The van der Waals surface area contributed by atoms with Gasteiger partial charge in [0.2, 0.25) is 0 Å². The van der Waals surface area contributed by atoms with Crippen LogP contribution >= 0.6 is 11.6 Å². The highest BCUT2D eigenvalue weighted by Gasteiger charge is 2.05. The number of rotatable bonds is 7. The van der Waals surface area contributed by atoms with E-state index in [1.807, 2.05) is 38.2 Å². The van der Waals surface area contributed by atoms with Crippen LogP contribution in [-0.4, -0.2) is 48.1 Å². The third kappa shape index (κ3) is 4.24. The van der Waals surface area contributed by atoms with Gasteiger partial charge in [0.15, 0.2) is 0 Å². The second-order valence-corrected chi connectivity index (χ2v) is 5.37. The highest BCUT2D eigenvalue weighted by atomic mass is 35.5. The summed E-state index contributed by atoms with van der Waals surface area (Å²) in [6.45, 7) is 3.06. The Bertz CT molecular complexity index is 676. The fourth-order valence-electron chi connectivity index (χ4n) is 2.04. The molecule has 0 aliphatic carbocycles. The van der Waals surface area contributed by atoms with Gasteiger partial charge in [-0.05, 0) is 31.2 Å². The molecule has 0 amide bonds. The highest BCUT2D eigenvalue weighted by Crippen LogP contribution is 2.22. The van der Waals surface area contributed by atoms with Crippen LogP contribution in [0.15, 0.2) is 40.6 Å². The summed E-state index contributed by atoms with van der Waals surface area (Å²) in [7, 11) is 3.90. The predicted octanol–water partition coefficient (Wildman–Crippen LogP) is 3.49. The van der Waals surface area contributed by atoms with Gasteiger partial charge < -0.3 is 14.3 Å². The minimum Gasteiger partial charge on any atom is -0.396 e. The third-order valence-electron chi connectivity index (χ3n) is 3.02. The molecule has 6 heteroatoms.